The SMILES string of the molecule is CCC(Nc1ccc(SC(F)F)cc1)C(=O)OC. The number of methoxy groups -OCH3 is 1. The third kappa shape index (κ3) is 4.52. The minimum Gasteiger partial charge on any atom is -0.467 e. The monoisotopic (exact) mass is 275 g/mol. The molecule has 0 fully saturated rings. The molecule has 0 spiro atoms. The molecular weight excluding hydrogens is 260 g/mol. The molecule has 0 aliphatic rings. The van der Waals surface area contributed by atoms with Crippen LogP contribution in [0.25, 0.3) is 0 Å². The molecule has 1 unspecified atom stereocenters. The highest BCUT2D eigenvalue weighted by Crippen LogP contribution is 2.26. The Kier molecular flexibility index (Phi) is 5.91. The smallest absolute Gasteiger partial charge is 0.328 e. The van der Waals surface area contributed by atoms with Crippen LogP contribution in [0, 0.1) is 0 Å². The number of benzene rings is 1. The standard InChI is InChI=1S/C12H15F2NO2S/c1-3-10(11(16)17-2)15-8-4-6-9(7-5-8)18-12(13)14/h4-7,10,12,15H,3H2,1-2H3. The Bertz CT molecular complexity index is 384. The molecule has 1 aromatic carbocycles. The molecule has 0 saturated heterocycles. The lowest BCUT2D eigenvalue weighted by atomic mass is 10.2. The summed E-state index contributed by atoms with van der Waals surface area (Å²) >= 11 is 0.490. The van der Waals surface area contributed by atoms with E-state index in [1.165, 1.54) is 7.11 Å². The lowest BCUT2D eigenvalue weighted by Crippen LogP contribution is -2.29. The first-order chi connectivity index (χ1) is 8.56. The number of ether oxygens (including phenoxy) is 1. The van der Waals surface area contributed by atoms with Gasteiger partial charge in [-0.1, -0.05) is 18.7 Å². The van der Waals surface area contributed by atoms with Crippen molar-refractivity contribution >= 4 is 23.4 Å². The van der Waals surface area contributed by atoms with Crippen molar-refractivity contribution in [3.63, 3.8) is 0 Å². The zero-order chi connectivity index (χ0) is 13.5. The van der Waals surface area contributed by atoms with Crippen LogP contribution in [-0.2, 0) is 9.53 Å². The average Bonchev–Trinajstić information content (AvgIpc) is 2.36. The summed E-state index contributed by atoms with van der Waals surface area (Å²) in [6.07, 6.45) is 0.584. The van der Waals surface area contributed by atoms with Crippen LogP contribution in [0.3, 0.4) is 0 Å². The summed E-state index contributed by atoms with van der Waals surface area (Å²) < 4.78 is 28.9. The number of rotatable bonds is 6. The van der Waals surface area contributed by atoms with Gasteiger partial charge in [0.15, 0.2) is 0 Å². The van der Waals surface area contributed by atoms with Crippen LogP contribution in [0.5, 0.6) is 0 Å². The van der Waals surface area contributed by atoms with Crippen molar-refractivity contribution in [3.05, 3.63) is 24.3 Å². The van der Waals surface area contributed by atoms with Gasteiger partial charge in [-0.15, -0.1) is 0 Å². The fraction of sp³-hybridized carbons (Fsp3) is 0.417. The summed E-state index contributed by atoms with van der Waals surface area (Å²) in [5.74, 6) is -2.77. The van der Waals surface area contributed by atoms with Crippen molar-refractivity contribution in [1.82, 2.24) is 0 Å². The van der Waals surface area contributed by atoms with Crippen LogP contribution in [-0.4, -0.2) is 24.9 Å². The van der Waals surface area contributed by atoms with E-state index in [1.54, 1.807) is 24.3 Å². The van der Waals surface area contributed by atoms with Crippen LogP contribution >= 0.6 is 11.8 Å². The number of hydrogen-bond acceptors (Lipinski definition) is 4. The van der Waals surface area contributed by atoms with E-state index in [1.807, 2.05) is 6.92 Å². The van der Waals surface area contributed by atoms with Crippen LogP contribution < -0.4 is 5.32 Å². The maximum absolute atomic E-state index is 12.1. The number of anilines is 1. The maximum atomic E-state index is 12.1. The molecule has 0 aromatic heterocycles. The van der Waals surface area contributed by atoms with E-state index >= 15 is 0 Å². The van der Waals surface area contributed by atoms with E-state index in [4.69, 9.17) is 0 Å². The van der Waals surface area contributed by atoms with Crippen molar-refractivity contribution in [1.29, 1.82) is 0 Å². The number of esters is 1. The molecule has 3 nitrogen and oxygen atoms in total. The van der Waals surface area contributed by atoms with Gasteiger partial charge in [0.05, 0.1) is 7.11 Å². The zero-order valence-electron chi connectivity index (χ0n) is 10.2. The van der Waals surface area contributed by atoms with Crippen molar-refractivity contribution in [3.8, 4) is 0 Å². The quantitative estimate of drug-likeness (QED) is 0.638. The third-order valence-electron chi connectivity index (χ3n) is 2.31. The van der Waals surface area contributed by atoms with Gasteiger partial charge in [-0.05, 0) is 30.7 Å². The highest BCUT2D eigenvalue weighted by atomic mass is 32.2. The first kappa shape index (κ1) is 14.8. The summed E-state index contributed by atoms with van der Waals surface area (Å²) in [5, 5.41) is 2.99. The van der Waals surface area contributed by atoms with Gasteiger partial charge in [-0.3, -0.25) is 0 Å². The number of hydrogen-bond donors (Lipinski definition) is 1. The van der Waals surface area contributed by atoms with E-state index in [2.05, 4.69) is 10.1 Å². The van der Waals surface area contributed by atoms with Crippen molar-refractivity contribution < 1.29 is 18.3 Å². The number of carbonyl (C=O) groups excluding carboxylic acids is 1. The molecule has 0 radical (unpaired) electrons. The van der Waals surface area contributed by atoms with Gasteiger partial charge >= 0.3 is 5.97 Å². The molecule has 1 rings (SSSR count). The molecule has 0 aliphatic heterocycles. The molecule has 0 aliphatic carbocycles. The first-order valence-corrected chi connectivity index (χ1v) is 6.34. The van der Waals surface area contributed by atoms with E-state index in [0.717, 1.165) is 0 Å². The Morgan fingerprint density at radius 3 is 2.44 bits per heavy atom. The second-order valence-corrected chi connectivity index (χ2v) is 4.59. The van der Waals surface area contributed by atoms with Gasteiger partial charge < -0.3 is 10.1 Å². The molecule has 100 valence electrons. The van der Waals surface area contributed by atoms with Crippen molar-refractivity contribution in [2.75, 3.05) is 12.4 Å². The molecule has 1 N–H and O–H groups in total. The summed E-state index contributed by atoms with van der Waals surface area (Å²) in [6, 6.07) is 6.07. The second-order valence-electron chi connectivity index (χ2n) is 3.53. The predicted molar refractivity (Wildman–Crippen MR) is 68.0 cm³/mol. The van der Waals surface area contributed by atoms with Gasteiger partial charge in [0.25, 0.3) is 5.76 Å². The number of nitrogens with one attached hydrogen (secondary N) is 1. The van der Waals surface area contributed by atoms with Gasteiger partial charge in [0.2, 0.25) is 0 Å². The van der Waals surface area contributed by atoms with Gasteiger partial charge in [-0.2, -0.15) is 8.78 Å². The lowest BCUT2D eigenvalue weighted by Gasteiger charge is -2.15. The molecule has 18 heavy (non-hydrogen) atoms. The van der Waals surface area contributed by atoms with Crippen molar-refractivity contribution in [2.24, 2.45) is 0 Å². The molecule has 6 heteroatoms. The largest absolute Gasteiger partial charge is 0.467 e. The lowest BCUT2D eigenvalue weighted by molar-refractivity contribution is -0.141. The Balaban J connectivity index is 2.64. The van der Waals surface area contributed by atoms with Crippen LogP contribution in [0.4, 0.5) is 14.5 Å². The molecular formula is C12H15F2NO2S. The fourth-order valence-electron chi connectivity index (χ4n) is 1.40. The van der Waals surface area contributed by atoms with Crippen LogP contribution in [0.15, 0.2) is 29.2 Å². The number of halogens is 2. The highest BCUT2D eigenvalue weighted by molar-refractivity contribution is 7.99. The maximum Gasteiger partial charge on any atom is 0.328 e. The Morgan fingerprint density at radius 1 is 1.39 bits per heavy atom. The summed E-state index contributed by atoms with van der Waals surface area (Å²) in [6.45, 7) is 1.86. The van der Waals surface area contributed by atoms with Gasteiger partial charge in [0.1, 0.15) is 6.04 Å². The molecule has 1 aromatic rings. The zero-order valence-corrected chi connectivity index (χ0v) is 11.0. The molecule has 1 atom stereocenters. The fourth-order valence-corrected chi connectivity index (χ4v) is 1.90. The van der Waals surface area contributed by atoms with Gasteiger partial charge in [0, 0.05) is 10.6 Å². The highest BCUT2D eigenvalue weighted by Gasteiger charge is 2.16. The van der Waals surface area contributed by atoms with Gasteiger partial charge in [-0.25, -0.2) is 4.79 Å². The Labute approximate surface area is 109 Å². The van der Waals surface area contributed by atoms with E-state index in [0.29, 0.717) is 28.8 Å². The minimum absolute atomic E-state index is 0.344. The topological polar surface area (TPSA) is 38.3 Å². The minimum atomic E-state index is -2.43. The van der Waals surface area contributed by atoms with Crippen LogP contribution in [0.1, 0.15) is 13.3 Å². The number of alkyl halides is 2. The Morgan fingerprint density at radius 2 is 2.00 bits per heavy atom. The van der Waals surface area contributed by atoms with Crippen molar-refractivity contribution in [2.45, 2.75) is 30.0 Å². The number of thioether (sulfide) groups is 1. The first-order valence-electron chi connectivity index (χ1n) is 5.46. The summed E-state index contributed by atoms with van der Waals surface area (Å²) in [5.41, 5.74) is 0.700. The average molecular weight is 275 g/mol. The van der Waals surface area contributed by atoms with E-state index in [9.17, 15) is 13.6 Å². The second kappa shape index (κ2) is 7.20. The normalized spacial score (nSPS) is 12.3. The third-order valence-corrected chi connectivity index (χ3v) is 3.04. The number of carbonyl (C=O) groups is 1. The van der Waals surface area contributed by atoms with E-state index < -0.39 is 11.8 Å². The summed E-state index contributed by atoms with van der Waals surface area (Å²) in [7, 11) is 1.33. The molecule has 0 heterocycles. The summed E-state index contributed by atoms with van der Waals surface area (Å²) in [4.78, 5) is 11.9. The van der Waals surface area contributed by atoms with Crippen LogP contribution in [0.2, 0.25) is 0 Å². The van der Waals surface area contributed by atoms with E-state index in [-0.39, 0.29) is 5.97 Å². The predicted octanol–water partition coefficient (Wildman–Crippen LogP) is 3.36. The Hall–Kier alpha value is -1.30. The molecule has 0 saturated carbocycles. The molecule has 0 amide bonds. The molecule has 0 bridgehead atoms.